The Kier molecular flexibility index (Phi) is 6.18. The Hall–Kier alpha value is -2.74. The van der Waals surface area contributed by atoms with Crippen molar-refractivity contribution in [3.8, 4) is 0 Å². The molecule has 3 rings (SSSR count). The van der Waals surface area contributed by atoms with Crippen LogP contribution in [0.3, 0.4) is 0 Å². The van der Waals surface area contributed by atoms with Crippen molar-refractivity contribution in [2.75, 3.05) is 30.8 Å². The van der Waals surface area contributed by atoms with E-state index in [2.05, 4.69) is 10.6 Å². The SMILES string of the molecule is CSc1ccc(N2C[C@H](C(=O)NCCNC(=O)c3ccco3)CC2=O)cc1. The monoisotopic (exact) mass is 387 g/mol. The zero-order valence-electron chi connectivity index (χ0n) is 14.9. The second-order valence-electron chi connectivity index (χ2n) is 6.13. The van der Waals surface area contributed by atoms with E-state index in [1.165, 1.54) is 6.26 Å². The van der Waals surface area contributed by atoms with Crippen molar-refractivity contribution in [2.24, 2.45) is 5.92 Å². The highest BCUT2D eigenvalue weighted by molar-refractivity contribution is 7.98. The first-order valence-electron chi connectivity index (χ1n) is 8.62. The van der Waals surface area contributed by atoms with Crippen LogP contribution in [0, 0.1) is 5.92 Å². The fourth-order valence-corrected chi connectivity index (χ4v) is 3.30. The standard InChI is InChI=1S/C19H21N3O4S/c1-27-15-6-4-14(5-7-15)22-12-13(11-17(22)23)18(24)20-8-9-21-19(25)16-3-2-10-26-16/h2-7,10,13H,8-9,11-12H2,1H3,(H,20,24)(H,21,25)/t13-/m1/s1. The van der Waals surface area contributed by atoms with Crippen LogP contribution in [0.5, 0.6) is 0 Å². The van der Waals surface area contributed by atoms with Gasteiger partial charge in [-0.1, -0.05) is 0 Å². The van der Waals surface area contributed by atoms with Crippen molar-refractivity contribution >= 4 is 35.2 Å². The molecule has 27 heavy (non-hydrogen) atoms. The van der Waals surface area contributed by atoms with Crippen molar-refractivity contribution in [1.29, 1.82) is 0 Å². The minimum Gasteiger partial charge on any atom is -0.459 e. The number of anilines is 1. The summed E-state index contributed by atoms with van der Waals surface area (Å²) in [5.41, 5.74) is 0.804. The van der Waals surface area contributed by atoms with Gasteiger partial charge in [-0.3, -0.25) is 14.4 Å². The maximum Gasteiger partial charge on any atom is 0.287 e. The Morgan fingerprint density at radius 2 is 1.93 bits per heavy atom. The van der Waals surface area contributed by atoms with Gasteiger partial charge in [-0.05, 0) is 42.7 Å². The lowest BCUT2D eigenvalue weighted by Crippen LogP contribution is -2.38. The molecule has 3 amide bonds. The molecule has 142 valence electrons. The lowest BCUT2D eigenvalue weighted by Gasteiger charge is -2.17. The van der Waals surface area contributed by atoms with Crippen LogP contribution < -0.4 is 15.5 Å². The number of amides is 3. The predicted octanol–water partition coefficient (Wildman–Crippen LogP) is 1.90. The molecule has 1 aromatic heterocycles. The molecule has 2 heterocycles. The van der Waals surface area contributed by atoms with Crippen molar-refractivity contribution in [2.45, 2.75) is 11.3 Å². The fourth-order valence-electron chi connectivity index (χ4n) is 2.90. The van der Waals surface area contributed by atoms with E-state index in [4.69, 9.17) is 4.42 Å². The summed E-state index contributed by atoms with van der Waals surface area (Å²) in [6, 6.07) is 10.9. The number of thioether (sulfide) groups is 1. The molecule has 8 heteroatoms. The van der Waals surface area contributed by atoms with E-state index < -0.39 is 5.92 Å². The minimum absolute atomic E-state index is 0.0572. The summed E-state index contributed by atoms with van der Waals surface area (Å²) >= 11 is 1.64. The number of rotatable bonds is 7. The van der Waals surface area contributed by atoms with Crippen LogP contribution in [0.1, 0.15) is 17.0 Å². The van der Waals surface area contributed by atoms with Crippen LogP contribution in [-0.2, 0) is 9.59 Å². The Balaban J connectivity index is 1.45. The summed E-state index contributed by atoms with van der Waals surface area (Å²) in [7, 11) is 0. The van der Waals surface area contributed by atoms with Gasteiger partial charge in [-0.2, -0.15) is 0 Å². The molecule has 1 aliphatic heterocycles. The zero-order valence-corrected chi connectivity index (χ0v) is 15.8. The molecule has 0 saturated carbocycles. The average Bonchev–Trinajstić information content (AvgIpc) is 3.35. The molecule has 1 aliphatic rings. The third kappa shape index (κ3) is 4.71. The minimum atomic E-state index is -0.390. The molecule has 0 unspecified atom stereocenters. The number of furan rings is 1. The summed E-state index contributed by atoms with van der Waals surface area (Å²) < 4.78 is 4.99. The predicted molar refractivity (Wildman–Crippen MR) is 103 cm³/mol. The Bertz CT molecular complexity index is 805. The molecule has 0 aliphatic carbocycles. The van der Waals surface area contributed by atoms with Crippen LogP contribution >= 0.6 is 11.8 Å². The molecule has 0 bridgehead atoms. The van der Waals surface area contributed by atoms with Gasteiger partial charge in [0, 0.05) is 36.6 Å². The van der Waals surface area contributed by atoms with E-state index >= 15 is 0 Å². The molecule has 2 N–H and O–H groups in total. The lowest BCUT2D eigenvalue weighted by molar-refractivity contribution is -0.126. The first kappa shape index (κ1) is 19.0. The second-order valence-corrected chi connectivity index (χ2v) is 7.01. The van der Waals surface area contributed by atoms with Crippen molar-refractivity contribution in [3.63, 3.8) is 0 Å². The molecular weight excluding hydrogens is 366 g/mol. The van der Waals surface area contributed by atoms with Crippen molar-refractivity contribution < 1.29 is 18.8 Å². The van der Waals surface area contributed by atoms with E-state index in [9.17, 15) is 14.4 Å². The molecule has 2 aromatic rings. The molecule has 1 atom stereocenters. The van der Waals surface area contributed by atoms with E-state index in [1.807, 2.05) is 30.5 Å². The maximum absolute atomic E-state index is 12.3. The topological polar surface area (TPSA) is 91.7 Å². The normalized spacial score (nSPS) is 16.4. The van der Waals surface area contributed by atoms with Crippen LogP contribution in [0.25, 0.3) is 0 Å². The first-order chi connectivity index (χ1) is 13.1. The van der Waals surface area contributed by atoms with Crippen LogP contribution in [0.15, 0.2) is 52.0 Å². The number of nitrogens with one attached hydrogen (secondary N) is 2. The highest BCUT2D eigenvalue weighted by Gasteiger charge is 2.34. The van der Waals surface area contributed by atoms with E-state index in [-0.39, 0.29) is 36.4 Å². The van der Waals surface area contributed by atoms with Gasteiger partial charge in [-0.25, -0.2) is 0 Å². The Morgan fingerprint density at radius 1 is 1.19 bits per heavy atom. The highest BCUT2D eigenvalue weighted by Crippen LogP contribution is 2.27. The van der Waals surface area contributed by atoms with Gasteiger partial charge in [0.2, 0.25) is 11.8 Å². The smallest absolute Gasteiger partial charge is 0.287 e. The highest BCUT2D eigenvalue weighted by atomic mass is 32.2. The molecular formula is C19H21N3O4S. The van der Waals surface area contributed by atoms with Gasteiger partial charge >= 0.3 is 0 Å². The van der Waals surface area contributed by atoms with Crippen LogP contribution in [0.4, 0.5) is 5.69 Å². The number of benzene rings is 1. The largest absolute Gasteiger partial charge is 0.459 e. The molecule has 1 saturated heterocycles. The van der Waals surface area contributed by atoms with Gasteiger partial charge < -0.3 is 20.0 Å². The summed E-state index contributed by atoms with van der Waals surface area (Å²) in [5.74, 6) is -0.730. The number of hydrogen-bond donors (Lipinski definition) is 2. The number of carbonyl (C=O) groups is 3. The maximum atomic E-state index is 12.3. The van der Waals surface area contributed by atoms with Gasteiger partial charge in [-0.15, -0.1) is 11.8 Å². The van der Waals surface area contributed by atoms with Gasteiger partial charge in [0.15, 0.2) is 5.76 Å². The fraction of sp³-hybridized carbons (Fsp3) is 0.316. The Labute approximate surface area is 161 Å². The molecule has 0 radical (unpaired) electrons. The molecule has 1 fully saturated rings. The number of carbonyl (C=O) groups excluding carboxylic acids is 3. The quantitative estimate of drug-likeness (QED) is 0.559. The Morgan fingerprint density at radius 3 is 2.59 bits per heavy atom. The first-order valence-corrected chi connectivity index (χ1v) is 9.85. The zero-order chi connectivity index (χ0) is 19.2. The third-order valence-electron chi connectivity index (χ3n) is 4.33. The summed E-state index contributed by atoms with van der Waals surface area (Å²) in [6.07, 6.45) is 3.61. The van der Waals surface area contributed by atoms with Gasteiger partial charge in [0.1, 0.15) is 0 Å². The average molecular weight is 387 g/mol. The van der Waals surface area contributed by atoms with Crippen molar-refractivity contribution in [1.82, 2.24) is 10.6 Å². The van der Waals surface area contributed by atoms with Gasteiger partial charge in [0.25, 0.3) is 5.91 Å². The molecule has 1 aromatic carbocycles. The second kappa shape index (κ2) is 8.77. The summed E-state index contributed by atoms with van der Waals surface area (Å²) in [4.78, 5) is 39.1. The van der Waals surface area contributed by atoms with E-state index in [1.54, 1.807) is 28.8 Å². The van der Waals surface area contributed by atoms with E-state index in [0.717, 1.165) is 10.6 Å². The van der Waals surface area contributed by atoms with Crippen LogP contribution in [-0.4, -0.2) is 43.6 Å². The summed E-state index contributed by atoms with van der Waals surface area (Å²) in [5, 5.41) is 5.43. The van der Waals surface area contributed by atoms with Crippen molar-refractivity contribution in [3.05, 3.63) is 48.4 Å². The lowest BCUT2D eigenvalue weighted by atomic mass is 10.1. The number of hydrogen-bond acceptors (Lipinski definition) is 5. The summed E-state index contributed by atoms with van der Waals surface area (Å²) in [6.45, 7) is 0.937. The third-order valence-corrected chi connectivity index (χ3v) is 5.08. The van der Waals surface area contributed by atoms with Crippen LogP contribution in [0.2, 0.25) is 0 Å². The van der Waals surface area contributed by atoms with E-state index in [0.29, 0.717) is 13.1 Å². The molecule has 7 nitrogen and oxygen atoms in total. The molecule has 0 spiro atoms. The van der Waals surface area contributed by atoms with Gasteiger partial charge in [0.05, 0.1) is 12.2 Å². The number of nitrogens with zero attached hydrogens (tertiary/aromatic N) is 1.